The lowest BCUT2D eigenvalue weighted by molar-refractivity contribution is 0.125. The van der Waals surface area contributed by atoms with Crippen LogP contribution in [0.15, 0.2) is 22.7 Å². The van der Waals surface area contributed by atoms with Crippen LogP contribution in [0.25, 0.3) is 0 Å². The molecule has 0 amide bonds. The smallest absolute Gasteiger partial charge is 0.0589 e. The Morgan fingerprint density at radius 2 is 2.10 bits per heavy atom. The summed E-state index contributed by atoms with van der Waals surface area (Å²) in [4.78, 5) is 2.43. The van der Waals surface area contributed by atoms with E-state index >= 15 is 0 Å². The maximum atomic E-state index is 5.20. The second kappa shape index (κ2) is 10.3. The number of nitrogens with one attached hydrogen (secondary N) is 1. The van der Waals surface area contributed by atoms with E-state index in [9.17, 15) is 0 Å². The number of methoxy groups -OCH3 is 1. The Bertz CT molecular complexity index is 410. The van der Waals surface area contributed by atoms with Crippen molar-refractivity contribution in [1.82, 2.24) is 10.2 Å². The quantitative estimate of drug-likeness (QED) is 0.645. The molecule has 120 valence electrons. The molecule has 0 aliphatic rings. The van der Waals surface area contributed by atoms with E-state index in [-0.39, 0.29) is 0 Å². The third-order valence-corrected chi connectivity index (χ3v) is 4.30. The molecule has 1 N–H and O–H groups in total. The zero-order valence-corrected chi connectivity index (χ0v) is 15.4. The van der Waals surface area contributed by atoms with Gasteiger partial charge in [0.15, 0.2) is 0 Å². The van der Waals surface area contributed by atoms with Gasteiger partial charge in [0.1, 0.15) is 0 Å². The van der Waals surface area contributed by atoms with Gasteiger partial charge in [0.05, 0.1) is 6.61 Å². The van der Waals surface area contributed by atoms with Gasteiger partial charge in [-0.15, -0.1) is 0 Å². The van der Waals surface area contributed by atoms with Crippen molar-refractivity contribution in [2.24, 2.45) is 0 Å². The molecule has 0 saturated heterocycles. The summed E-state index contributed by atoms with van der Waals surface area (Å²) in [7, 11) is 1.76. The molecule has 21 heavy (non-hydrogen) atoms. The molecule has 1 rings (SSSR count). The van der Waals surface area contributed by atoms with Crippen LogP contribution in [0.5, 0.6) is 0 Å². The maximum absolute atomic E-state index is 5.20. The molecule has 0 spiro atoms. The summed E-state index contributed by atoms with van der Waals surface area (Å²) < 4.78 is 6.40. The van der Waals surface area contributed by atoms with Crippen molar-refractivity contribution >= 4 is 15.9 Å². The first-order valence-electron chi connectivity index (χ1n) is 7.79. The van der Waals surface area contributed by atoms with E-state index in [2.05, 4.69) is 65.1 Å². The first-order valence-corrected chi connectivity index (χ1v) is 8.58. The van der Waals surface area contributed by atoms with Crippen molar-refractivity contribution in [3.05, 3.63) is 33.8 Å². The predicted octanol–water partition coefficient (Wildman–Crippen LogP) is 3.81. The largest absolute Gasteiger partial charge is 0.383 e. The monoisotopic (exact) mass is 356 g/mol. The Morgan fingerprint density at radius 3 is 2.67 bits per heavy atom. The molecule has 0 unspecified atom stereocenters. The Kier molecular flexibility index (Phi) is 9.16. The average Bonchev–Trinajstić information content (AvgIpc) is 2.45. The lowest BCUT2D eigenvalue weighted by Crippen LogP contribution is -2.33. The molecule has 0 aromatic heterocycles. The van der Waals surface area contributed by atoms with Crippen molar-refractivity contribution in [1.29, 1.82) is 0 Å². The van der Waals surface area contributed by atoms with Crippen LogP contribution in [0, 0.1) is 0 Å². The highest BCUT2D eigenvalue weighted by atomic mass is 79.9. The topological polar surface area (TPSA) is 24.5 Å². The van der Waals surface area contributed by atoms with Gasteiger partial charge < -0.3 is 10.1 Å². The van der Waals surface area contributed by atoms with E-state index < -0.39 is 0 Å². The van der Waals surface area contributed by atoms with E-state index in [0.29, 0.717) is 6.04 Å². The summed E-state index contributed by atoms with van der Waals surface area (Å²) in [6, 6.07) is 7.19. The fraction of sp³-hybridized carbons (Fsp3) is 0.647. The van der Waals surface area contributed by atoms with Gasteiger partial charge in [-0.2, -0.15) is 0 Å². The molecular weight excluding hydrogens is 328 g/mol. The second-order valence-electron chi connectivity index (χ2n) is 5.66. The molecule has 3 nitrogen and oxygen atoms in total. The van der Waals surface area contributed by atoms with Crippen LogP contribution in [0.3, 0.4) is 0 Å². The molecule has 0 saturated carbocycles. The van der Waals surface area contributed by atoms with Crippen LogP contribution in [0.2, 0.25) is 0 Å². The van der Waals surface area contributed by atoms with Crippen LogP contribution >= 0.6 is 15.9 Å². The molecule has 1 aromatic carbocycles. The fourth-order valence-corrected chi connectivity index (χ4v) is 2.74. The zero-order chi connectivity index (χ0) is 15.7. The molecule has 0 aliphatic carbocycles. The molecule has 1 aromatic rings. The summed E-state index contributed by atoms with van der Waals surface area (Å²) >= 11 is 3.72. The summed E-state index contributed by atoms with van der Waals surface area (Å²) in [5.74, 6) is 0. The highest BCUT2D eigenvalue weighted by Crippen LogP contribution is 2.21. The Morgan fingerprint density at radius 1 is 1.33 bits per heavy atom. The van der Waals surface area contributed by atoms with E-state index in [1.54, 1.807) is 7.11 Å². The SMILES string of the molecule is CCCNCc1ccc(CN(CCOC)C(C)C)c(Br)c1. The number of ether oxygens (including phenoxy) is 1. The average molecular weight is 357 g/mol. The number of nitrogens with zero attached hydrogens (tertiary/aromatic N) is 1. The molecule has 0 aliphatic heterocycles. The summed E-state index contributed by atoms with van der Waals surface area (Å²) in [5, 5.41) is 3.44. The van der Waals surface area contributed by atoms with Crippen LogP contribution < -0.4 is 5.32 Å². The first-order chi connectivity index (χ1) is 10.1. The van der Waals surface area contributed by atoms with Gasteiger partial charge in [-0.25, -0.2) is 0 Å². The maximum Gasteiger partial charge on any atom is 0.0589 e. The number of rotatable bonds is 10. The van der Waals surface area contributed by atoms with Gasteiger partial charge in [-0.3, -0.25) is 4.90 Å². The van der Waals surface area contributed by atoms with Gasteiger partial charge >= 0.3 is 0 Å². The molecular formula is C17H29BrN2O. The lowest BCUT2D eigenvalue weighted by Gasteiger charge is -2.26. The third-order valence-electron chi connectivity index (χ3n) is 3.56. The summed E-state index contributed by atoms with van der Waals surface area (Å²) in [6.45, 7) is 11.3. The molecule has 0 atom stereocenters. The normalized spacial score (nSPS) is 11.6. The Labute approximate surface area is 138 Å². The Hall–Kier alpha value is -0.420. The van der Waals surface area contributed by atoms with Gasteiger partial charge in [-0.05, 0) is 44.0 Å². The zero-order valence-electron chi connectivity index (χ0n) is 13.8. The summed E-state index contributed by atoms with van der Waals surface area (Å²) in [6.07, 6.45) is 1.17. The van der Waals surface area contributed by atoms with Crippen molar-refractivity contribution < 1.29 is 4.74 Å². The lowest BCUT2D eigenvalue weighted by atomic mass is 10.1. The van der Waals surface area contributed by atoms with Crippen molar-refractivity contribution in [3.63, 3.8) is 0 Å². The molecule has 0 heterocycles. The van der Waals surface area contributed by atoms with Gasteiger partial charge in [-0.1, -0.05) is 35.0 Å². The van der Waals surface area contributed by atoms with E-state index in [1.165, 1.54) is 22.0 Å². The third kappa shape index (κ3) is 6.92. The predicted molar refractivity (Wildman–Crippen MR) is 93.6 cm³/mol. The first kappa shape index (κ1) is 18.6. The van der Waals surface area contributed by atoms with Crippen molar-refractivity contribution in [2.75, 3.05) is 26.8 Å². The number of hydrogen-bond acceptors (Lipinski definition) is 3. The molecule has 0 radical (unpaired) electrons. The summed E-state index contributed by atoms with van der Waals surface area (Å²) in [5.41, 5.74) is 2.66. The fourth-order valence-electron chi connectivity index (χ4n) is 2.19. The van der Waals surface area contributed by atoms with Crippen molar-refractivity contribution in [3.8, 4) is 0 Å². The minimum atomic E-state index is 0.512. The molecule has 0 bridgehead atoms. The number of benzene rings is 1. The minimum absolute atomic E-state index is 0.512. The highest BCUT2D eigenvalue weighted by molar-refractivity contribution is 9.10. The van der Waals surface area contributed by atoms with Crippen LogP contribution in [-0.4, -0.2) is 37.7 Å². The molecule has 0 fully saturated rings. The number of hydrogen-bond donors (Lipinski definition) is 1. The van der Waals surface area contributed by atoms with Gasteiger partial charge in [0, 0.05) is 37.3 Å². The van der Waals surface area contributed by atoms with Gasteiger partial charge in [0.2, 0.25) is 0 Å². The number of halogens is 1. The molecule has 4 heteroatoms. The van der Waals surface area contributed by atoms with Gasteiger partial charge in [0.25, 0.3) is 0 Å². The standard InChI is InChI=1S/C17H29BrN2O/c1-5-8-19-12-15-6-7-16(17(18)11-15)13-20(14(2)3)9-10-21-4/h6-7,11,14,19H,5,8-10,12-13H2,1-4H3. The van der Waals surface area contributed by atoms with Crippen LogP contribution in [0.1, 0.15) is 38.3 Å². The Balaban J connectivity index is 2.65. The van der Waals surface area contributed by atoms with Crippen molar-refractivity contribution in [2.45, 2.75) is 46.3 Å². The van der Waals surface area contributed by atoms with E-state index in [1.807, 2.05) is 0 Å². The highest BCUT2D eigenvalue weighted by Gasteiger charge is 2.12. The van der Waals surface area contributed by atoms with Crippen LogP contribution in [0.4, 0.5) is 0 Å². The minimum Gasteiger partial charge on any atom is -0.383 e. The van der Waals surface area contributed by atoms with E-state index in [4.69, 9.17) is 4.74 Å². The van der Waals surface area contributed by atoms with Crippen LogP contribution in [-0.2, 0) is 17.8 Å². The van der Waals surface area contributed by atoms with E-state index in [0.717, 1.165) is 32.8 Å². The second-order valence-corrected chi connectivity index (χ2v) is 6.51.